The van der Waals surface area contributed by atoms with Gasteiger partial charge in [-0.1, -0.05) is 0 Å². The molecule has 82 valence electrons. The number of rotatable bonds is 3. The van der Waals surface area contributed by atoms with Gasteiger partial charge in [0.05, 0.1) is 5.97 Å². The van der Waals surface area contributed by atoms with Crippen molar-refractivity contribution >= 4 is 11.9 Å². The molecule has 2 atom stereocenters. The van der Waals surface area contributed by atoms with Crippen LogP contribution in [0.15, 0.2) is 0 Å². The van der Waals surface area contributed by atoms with Gasteiger partial charge in [0.25, 0.3) is 5.09 Å². The van der Waals surface area contributed by atoms with Gasteiger partial charge in [0, 0.05) is 0 Å². The first-order valence-corrected chi connectivity index (χ1v) is 2.83. The van der Waals surface area contributed by atoms with E-state index in [1.165, 1.54) is 0 Å². The number of aliphatic hydroxyl groups is 2. The molecule has 0 amide bonds. The van der Waals surface area contributed by atoms with Crippen molar-refractivity contribution in [3.8, 4) is 0 Å². The number of aliphatic carboxylic acids is 2. The van der Waals surface area contributed by atoms with Crippen LogP contribution in [0.1, 0.15) is 0 Å². The Kier molecular flexibility index (Phi) is 13.7. The minimum Gasteiger partial charge on any atom is -0.547 e. The van der Waals surface area contributed by atoms with Gasteiger partial charge in [-0.25, -0.2) is 4.79 Å². The summed E-state index contributed by atoms with van der Waals surface area (Å²) in [7, 11) is 0. The molecule has 15 heavy (non-hydrogen) atoms. The smallest absolute Gasteiger partial charge is 0.547 e. The average molecular weight is 251 g/mol. The topological polar surface area (TPSA) is 181 Å². The third-order valence-electron chi connectivity index (χ3n) is 0.794. The van der Waals surface area contributed by atoms with Crippen LogP contribution in [-0.2, 0) is 9.59 Å². The van der Waals surface area contributed by atoms with Gasteiger partial charge in [0.1, 0.15) is 6.10 Å². The van der Waals surface area contributed by atoms with Gasteiger partial charge < -0.3 is 30.4 Å². The number of hydrogen-bond donors (Lipinski definition) is 4. The summed E-state index contributed by atoms with van der Waals surface area (Å²) in [5.74, 6) is -3.83. The van der Waals surface area contributed by atoms with E-state index >= 15 is 0 Å². The van der Waals surface area contributed by atoms with E-state index in [9.17, 15) is 14.7 Å². The number of carbonyl (C=O) groups excluding carboxylic acids is 1. The second kappa shape index (κ2) is 10.2. The van der Waals surface area contributed by atoms with Gasteiger partial charge in [-0.15, -0.1) is 10.1 Å². The summed E-state index contributed by atoms with van der Waals surface area (Å²) in [6, 6.07) is 0. The van der Waals surface area contributed by atoms with Gasteiger partial charge in [0.15, 0.2) is 6.10 Å². The number of carbonyl (C=O) groups is 2. The molecule has 0 aliphatic heterocycles. The van der Waals surface area contributed by atoms with Crippen LogP contribution in [0.25, 0.3) is 0 Å². The van der Waals surface area contributed by atoms with Gasteiger partial charge >= 0.3 is 57.4 Å². The number of nitrogens with zero attached hydrogens (tertiary/aromatic N) is 1. The first kappa shape index (κ1) is 20.2. The molecule has 0 rings (SSSR count). The van der Waals surface area contributed by atoms with Crippen molar-refractivity contribution in [1.29, 1.82) is 0 Å². The summed E-state index contributed by atoms with van der Waals surface area (Å²) in [5, 5.41) is 47.8. The van der Waals surface area contributed by atoms with E-state index in [0.717, 1.165) is 0 Å². The zero-order valence-corrected chi connectivity index (χ0v) is 10.6. The van der Waals surface area contributed by atoms with E-state index in [1.54, 1.807) is 0 Å². The molecule has 0 heterocycles. The first-order chi connectivity index (χ1) is 6.20. The SMILES string of the molecule is O=C([O-])C(O)C(O)C(=O)O.O=[N+]([O-])O.[K+]. The number of carboxylic acid groups (broad SMARTS) is 2. The second-order valence-electron chi connectivity index (χ2n) is 1.78. The normalized spacial score (nSPS) is 12.1. The minimum absolute atomic E-state index is 0. The van der Waals surface area contributed by atoms with E-state index in [4.69, 9.17) is 30.6 Å². The summed E-state index contributed by atoms with van der Waals surface area (Å²) in [6.07, 6.45) is -4.71. The fourth-order valence-electron chi connectivity index (χ4n) is 0.264. The molecule has 0 bridgehead atoms. The van der Waals surface area contributed by atoms with Crippen molar-refractivity contribution in [3.63, 3.8) is 0 Å². The molecule has 0 saturated heterocycles. The van der Waals surface area contributed by atoms with Crippen LogP contribution in [0.3, 0.4) is 0 Å². The van der Waals surface area contributed by atoms with Gasteiger partial charge in [0.2, 0.25) is 0 Å². The van der Waals surface area contributed by atoms with Gasteiger partial charge in [-0.3, -0.25) is 0 Å². The molecule has 0 saturated carbocycles. The molecule has 0 spiro atoms. The van der Waals surface area contributed by atoms with Crippen LogP contribution < -0.4 is 56.5 Å². The monoisotopic (exact) mass is 251 g/mol. The molecule has 4 N–H and O–H groups in total. The van der Waals surface area contributed by atoms with Crippen molar-refractivity contribution in [2.75, 3.05) is 0 Å². The summed E-state index contributed by atoms with van der Waals surface area (Å²) in [4.78, 5) is 27.8. The van der Waals surface area contributed by atoms with E-state index in [-0.39, 0.29) is 51.4 Å². The molecule has 2 unspecified atom stereocenters. The number of carboxylic acids is 2. The molecule has 0 aromatic heterocycles. The van der Waals surface area contributed by atoms with Crippen LogP contribution in [0.5, 0.6) is 0 Å². The van der Waals surface area contributed by atoms with Crippen molar-refractivity contribution in [1.82, 2.24) is 0 Å². The molecule has 10 nitrogen and oxygen atoms in total. The van der Waals surface area contributed by atoms with Gasteiger partial charge in [-0.05, 0) is 0 Å². The Hall–Kier alpha value is -0.304. The maximum Gasteiger partial charge on any atom is 1.00 e. The predicted molar refractivity (Wildman–Crippen MR) is 33.4 cm³/mol. The van der Waals surface area contributed by atoms with E-state index in [0.29, 0.717) is 0 Å². The summed E-state index contributed by atoms with van der Waals surface area (Å²) in [5.41, 5.74) is 0. The Labute approximate surface area is 125 Å². The van der Waals surface area contributed by atoms with Crippen LogP contribution in [0.4, 0.5) is 0 Å². The Bertz CT molecular complexity index is 208. The predicted octanol–water partition coefficient (Wildman–Crippen LogP) is -6.80. The largest absolute Gasteiger partial charge is 1.00 e. The average Bonchev–Trinajstić information content (AvgIpc) is 2.00. The molecule has 0 aliphatic rings. The van der Waals surface area contributed by atoms with E-state index in [2.05, 4.69) is 0 Å². The van der Waals surface area contributed by atoms with Crippen molar-refractivity contribution < 1.29 is 91.7 Å². The molecule has 0 aromatic rings. The Balaban J connectivity index is -0.000000249. The Morgan fingerprint density at radius 2 is 1.47 bits per heavy atom. The van der Waals surface area contributed by atoms with Crippen LogP contribution in [-0.4, -0.2) is 49.8 Å². The van der Waals surface area contributed by atoms with Crippen molar-refractivity contribution in [2.24, 2.45) is 0 Å². The molecule has 11 heteroatoms. The number of hydrogen-bond acceptors (Lipinski definition) is 7. The minimum atomic E-state index is -2.38. The van der Waals surface area contributed by atoms with Crippen LogP contribution >= 0.6 is 0 Å². The standard InChI is InChI=1S/C4H6O6.K.HNO3/c5-1(3(7)8)2(6)4(9)10;;2-1(3)4/h1-2,5-6H,(H,7,8)(H,9,10);;(H,2,3,4)/q;+1;/p-1. The molecular weight excluding hydrogens is 245 g/mol. The Morgan fingerprint density at radius 1 is 1.20 bits per heavy atom. The maximum atomic E-state index is 9.74. The third kappa shape index (κ3) is 13.7. The van der Waals surface area contributed by atoms with E-state index < -0.39 is 29.2 Å². The first-order valence-electron chi connectivity index (χ1n) is 2.83. The fourth-order valence-corrected chi connectivity index (χ4v) is 0.264. The molecule has 0 fully saturated rings. The third-order valence-corrected chi connectivity index (χ3v) is 0.794. The summed E-state index contributed by atoms with van der Waals surface area (Å²) < 4.78 is 0. The summed E-state index contributed by atoms with van der Waals surface area (Å²) >= 11 is 0. The molecule has 0 aliphatic carbocycles. The van der Waals surface area contributed by atoms with Crippen molar-refractivity contribution in [3.05, 3.63) is 10.1 Å². The Morgan fingerprint density at radius 3 is 1.53 bits per heavy atom. The number of aliphatic hydroxyl groups excluding tert-OH is 2. The second-order valence-corrected chi connectivity index (χ2v) is 1.78. The molecule has 0 radical (unpaired) electrons. The molecular formula is C4H6KNO9. The fraction of sp³-hybridized carbons (Fsp3) is 0.500. The molecule has 0 aromatic carbocycles. The quantitative estimate of drug-likeness (QED) is 0.215. The van der Waals surface area contributed by atoms with E-state index in [1.807, 2.05) is 0 Å². The summed E-state index contributed by atoms with van der Waals surface area (Å²) in [6.45, 7) is 0. The van der Waals surface area contributed by atoms with Crippen molar-refractivity contribution in [2.45, 2.75) is 12.2 Å². The van der Waals surface area contributed by atoms with Crippen LogP contribution in [0, 0.1) is 10.1 Å². The zero-order chi connectivity index (χ0) is 11.9. The zero-order valence-electron chi connectivity index (χ0n) is 7.43. The maximum absolute atomic E-state index is 9.74. The van der Waals surface area contributed by atoms with Gasteiger partial charge in [-0.2, -0.15) is 0 Å². The van der Waals surface area contributed by atoms with Crippen LogP contribution in [0.2, 0.25) is 0 Å².